The molecule has 0 spiro atoms. The first kappa shape index (κ1) is 14.1. The Bertz CT molecular complexity index is 545. The molecule has 1 aromatic heterocycles. The van der Waals surface area contributed by atoms with Crippen molar-refractivity contribution in [1.82, 2.24) is 4.98 Å². The maximum Gasteiger partial charge on any atom is 0.136 e. The van der Waals surface area contributed by atoms with Crippen molar-refractivity contribution in [2.75, 3.05) is 30.4 Å². The van der Waals surface area contributed by atoms with E-state index >= 15 is 0 Å². The zero-order valence-electron chi connectivity index (χ0n) is 11.4. The van der Waals surface area contributed by atoms with E-state index in [1.54, 1.807) is 7.11 Å². The van der Waals surface area contributed by atoms with Crippen molar-refractivity contribution in [2.24, 2.45) is 0 Å². The molecule has 0 atom stereocenters. The van der Waals surface area contributed by atoms with Gasteiger partial charge in [0, 0.05) is 35.4 Å². The van der Waals surface area contributed by atoms with Gasteiger partial charge in [0.25, 0.3) is 0 Å². The number of anilines is 1. The summed E-state index contributed by atoms with van der Waals surface area (Å²) in [5.74, 6) is 1.94. The van der Waals surface area contributed by atoms with Crippen molar-refractivity contribution in [1.29, 1.82) is 0 Å². The van der Waals surface area contributed by atoms with Gasteiger partial charge in [-0.1, -0.05) is 28.1 Å². The highest BCUT2D eigenvalue weighted by Gasteiger charge is 2.11. The van der Waals surface area contributed by atoms with E-state index in [9.17, 15) is 0 Å². The second kappa shape index (κ2) is 6.75. The van der Waals surface area contributed by atoms with Gasteiger partial charge in [-0.25, -0.2) is 4.98 Å². The summed E-state index contributed by atoms with van der Waals surface area (Å²) in [7, 11) is 1.71. The molecule has 0 bridgehead atoms. The van der Waals surface area contributed by atoms with Crippen LogP contribution in [0.2, 0.25) is 0 Å². The van der Waals surface area contributed by atoms with Crippen LogP contribution in [0.25, 0.3) is 10.8 Å². The van der Waals surface area contributed by atoms with Gasteiger partial charge in [0.2, 0.25) is 0 Å². The third-order valence-corrected chi connectivity index (χ3v) is 3.77. The molecule has 19 heavy (non-hydrogen) atoms. The van der Waals surface area contributed by atoms with Crippen LogP contribution in [0, 0.1) is 0 Å². The Labute approximate surface area is 122 Å². The van der Waals surface area contributed by atoms with Gasteiger partial charge in [0.05, 0.1) is 7.11 Å². The Balaban J connectivity index is 2.47. The molecule has 0 radical (unpaired) electrons. The van der Waals surface area contributed by atoms with Crippen molar-refractivity contribution >= 4 is 32.5 Å². The van der Waals surface area contributed by atoms with Gasteiger partial charge < -0.3 is 9.64 Å². The van der Waals surface area contributed by atoms with Gasteiger partial charge in [0.15, 0.2) is 0 Å². The minimum atomic E-state index is 0.901. The fourth-order valence-electron chi connectivity index (χ4n) is 2.26. The molecule has 4 heteroatoms. The maximum absolute atomic E-state index is 5.42. The third kappa shape index (κ3) is 3.00. The molecule has 2 rings (SSSR count). The van der Waals surface area contributed by atoms with Crippen LogP contribution in [0.5, 0.6) is 5.75 Å². The summed E-state index contributed by atoms with van der Waals surface area (Å²) in [6, 6.07) is 8.12. The minimum absolute atomic E-state index is 0.901. The summed E-state index contributed by atoms with van der Waals surface area (Å²) >= 11 is 3.49. The van der Waals surface area contributed by atoms with Crippen LogP contribution in [0.15, 0.2) is 30.5 Å². The lowest BCUT2D eigenvalue weighted by molar-refractivity contribution is 0.420. The topological polar surface area (TPSA) is 25.4 Å². The predicted octanol–water partition coefficient (Wildman–Crippen LogP) is 3.85. The molecule has 0 unspecified atom stereocenters. The first-order valence-electron chi connectivity index (χ1n) is 6.54. The number of methoxy groups -OCH3 is 1. The number of hydrogen-bond donors (Lipinski definition) is 0. The van der Waals surface area contributed by atoms with E-state index in [1.807, 2.05) is 24.4 Å². The summed E-state index contributed by atoms with van der Waals surface area (Å²) in [6.07, 6.45) is 2.97. The van der Waals surface area contributed by atoms with E-state index in [-0.39, 0.29) is 0 Å². The van der Waals surface area contributed by atoms with Crippen molar-refractivity contribution in [3.63, 3.8) is 0 Å². The molecular formula is C15H19BrN2O. The fraction of sp³-hybridized carbons (Fsp3) is 0.400. The largest absolute Gasteiger partial charge is 0.496 e. The molecule has 0 amide bonds. The number of pyridine rings is 1. The molecule has 0 fully saturated rings. The quantitative estimate of drug-likeness (QED) is 0.755. The van der Waals surface area contributed by atoms with E-state index < -0.39 is 0 Å². The maximum atomic E-state index is 5.42. The van der Waals surface area contributed by atoms with E-state index in [2.05, 4.69) is 38.8 Å². The lowest BCUT2D eigenvalue weighted by Crippen LogP contribution is -2.25. The van der Waals surface area contributed by atoms with Crippen LogP contribution in [-0.4, -0.2) is 30.5 Å². The molecule has 1 aromatic carbocycles. The number of fused-ring (bicyclic) bond motifs is 1. The second-order valence-electron chi connectivity index (χ2n) is 4.31. The number of nitrogens with zero attached hydrogens (tertiary/aromatic N) is 2. The second-order valence-corrected chi connectivity index (χ2v) is 5.11. The van der Waals surface area contributed by atoms with Crippen LogP contribution in [0.3, 0.4) is 0 Å². The average molecular weight is 323 g/mol. The molecule has 2 aromatic rings. The van der Waals surface area contributed by atoms with Crippen molar-refractivity contribution in [3.05, 3.63) is 30.5 Å². The van der Waals surface area contributed by atoms with Crippen LogP contribution in [0.1, 0.15) is 13.3 Å². The highest BCUT2D eigenvalue weighted by molar-refractivity contribution is 9.09. The molecule has 0 saturated heterocycles. The van der Waals surface area contributed by atoms with E-state index in [0.29, 0.717) is 0 Å². The van der Waals surface area contributed by atoms with Gasteiger partial charge >= 0.3 is 0 Å². The highest BCUT2D eigenvalue weighted by Crippen LogP contribution is 2.30. The molecule has 0 saturated carbocycles. The summed E-state index contributed by atoms with van der Waals surface area (Å²) < 4.78 is 5.42. The van der Waals surface area contributed by atoms with Gasteiger partial charge in [-0.05, 0) is 25.5 Å². The monoisotopic (exact) mass is 322 g/mol. The molecule has 3 nitrogen and oxygen atoms in total. The van der Waals surface area contributed by atoms with Crippen LogP contribution in [-0.2, 0) is 0 Å². The summed E-state index contributed by atoms with van der Waals surface area (Å²) in [4.78, 5) is 6.87. The Morgan fingerprint density at radius 1 is 1.26 bits per heavy atom. The number of halogens is 1. The van der Waals surface area contributed by atoms with Crippen molar-refractivity contribution < 1.29 is 4.74 Å². The highest BCUT2D eigenvalue weighted by atomic mass is 79.9. The Hall–Kier alpha value is -1.29. The molecule has 0 aliphatic heterocycles. The first-order valence-corrected chi connectivity index (χ1v) is 7.66. The van der Waals surface area contributed by atoms with Gasteiger partial charge in [-0.15, -0.1) is 0 Å². The fourth-order valence-corrected chi connectivity index (χ4v) is 2.51. The molecule has 0 aliphatic carbocycles. The predicted molar refractivity (Wildman–Crippen MR) is 84.6 cm³/mol. The average Bonchev–Trinajstić information content (AvgIpc) is 2.47. The Morgan fingerprint density at radius 2 is 2.11 bits per heavy atom. The number of rotatable bonds is 6. The SMILES string of the molecule is CCN(CCCBr)c1nccc2c(OC)cccc12. The van der Waals surface area contributed by atoms with E-state index in [0.717, 1.165) is 47.2 Å². The number of ether oxygens (including phenoxy) is 1. The van der Waals surface area contributed by atoms with Crippen molar-refractivity contribution in [2.45, 2.75) is 13.3 Å². The lowest BCUT2D eigenvalue weighted by Gasteiger charge is -2.23. The number of alkyl halides is 1. The number of benzene rings is 1. The van der Waals surface area contributed by atoms with Crippen molar-refractivity contribution in [3.8, 4) is 5.75 Å². The smallest absolute Gasteiger partial charge is 0.136 e. The van der Waals surface area contributed by atoms with Crippen LogP contribution < -0.4 is 9.64 Å². The molecular weight excluding hydrogens is 304 g/mol. The van der Waals surface area contributed by atoms with Gasteiger partial charge in [0.1, 0.15) is 11.6 Å². The van der Waals surface area contributed by atoms with E-state index in [4.69, 9.17) is 4.74 Å². The molecule has 0 N–H and O–H groups in total. The van der Waals surface area contributed by atoms with E-state index in [1.165, 1.54) is 0 Å². The number of aromatic nitrogens is 1. The molecule has 1 heterocycles. The van der Waals surface area contributed by atoms with Crippen LogP contribution in [0.4, 0.5) is 5.82 Å². The summed E-state index contributed by atoms with van der Waals surface area (Å²) in [5.41, 5.74) is 0. The number of hydrogen-bond acceptors (Lipinski definition) is 3. The molecule has 0 aliphatic rings. The Morgan fingerprint density at radius 3 is 2.79 bits per heavy atom. The zero-order chi connectivity index (χ0) is 13.7. The minimum Gasteiger partial charge on any atom is -0.496 e. The standard InChI is InChI=1S/C15H19BrN2O/c1-3-18(11-5-9-16)15-13-6-4-7-14(19-2)12(13)8-10-17-15/h4,6-8,10H,3,5,9,11H2,1-2H3. The zero-order valence-corrected chi connectivity index (χ0v) is 13.0. The summed E-state index contributed by atoms with van der Waals surface area (Å²) in [5, 5.41) is 3.28. The molecule has 102 valence electrons. The van der Waals surface area contributed by atoms with Crippen LogP contribution >= 0.6 is 15.9 Å². The summed E-state index contributed by atoms with van der Waals surface area (Å²) in [6.45, 7) is 4.12. The first-order chi connectivity index (χ1) is 9.31. The Kier molecular flexibility index (Phi) is 5.02. The normalized spacial score (nSPS) is 10.7. The lowest BCUT2D eigenvalue weighted by atomic mass is 10.1. The van der Waals surface area contributed by atoms with Gasteiger partial charge in [-0.2, -0.15) is 0 Å². The third-order valence-electron chi connectivity index (χ3n) is 3.21. The van der Waals surface area contributed by atoms with Gasteiger partial charge in [-0.3, -0.25) is 0 Å².